The van der Waals surface area contributed by atoms with Crippen molar-refractivity contribution in [1.29, 1.82) is 0 Å². The van der Waals surface area contributed by atoms with Gasteiger partial charge in [-0.05, 0) is 12.1 Å². The Labute approximate surface area is 112 Å². The third-order valence-electron chi connectivity index (χ3n) is 2.50. The van der Waals surface area contributed by atoms with Gasteiger partial charge in [0.2, 0.25) is 0 Å². The lowest BCUT2D eigenvalue weighted by Gasteiger charge is -2.05. The molecule has 0 aliphatic heterocycles. The maximum Gasteiger partial charge on any atom is 0.137 e. The summed E-state index contributed by atoms with van der Waals surface area (Å²) >= 11 is 0. The molecule has 2 aromatic rings. The minimum absolute atomic E-state index is 0.444. The van der Waals surface area contributed by atoms with E-state index in [9.17, 15) is 0 Å². The number of ether oxygens (including phenoxy) is 1. The van der Waals surface area contributed by atoms with Crippen molar-refractivity contribution in [1.82, 2.24) is 25.3 Å². The Bertz CT molecular complexity index is 483. The molecule has 0 amide bonds. The van der Waals surface area contributed by atoms with Gasteiger partial charge >= 0.3 is 0 Å². The van der Waals surface area contributed by atoms with Gasteiger partial charge < -0.3 is 10.1 Å². The van der Waals surface area contributed by atoms with Gasteiger partial charge in [-0.25, -0.2) is 4.68 Å². The van der Waals surface area contributed by atoms with Gasteiger partial charge in [-0.15, -0.1) is 5.10 Å². The molecule has 19 heavy (non-hydrogen) atoms. The Morgan fingerprint density at radius 1 is 1.42 bits per heavy atom. The van der Waals surface area contributed by atoms with Crippen LogP contribution in [0.2, 0.25) is 0 Å². The molecule has 0 saturated carbocycles. The van der Waals surface area contributed by atoms with Crippen molar-refractivity contribution in [2.45, 2.75) is 33.0 Å². The molecular weight excluding hydrogens is 242 g/mol. The molecule has 0 aliphatic carbocycles. The minimum atomic E-state index is 0.444. The second-order valence-electron chi connectivity index (χ2n) is 4.55. The lowest BCUT2D eigenvalue weighted by molar-refractivity contribution is 0.288. The summed E-state index contributed by atoms with van der Waals surface area (Å²) in [5.74, 6) is 0.768. The van der Waals surface area contributed by atoms with Crippen LogP contribution in [-0.4, -0.2) is 32.6 Å². The SMILES string of the molecule is CC(C)NCc1cn(CCOc2cccnc2)nn1. The second kappa shape index (κ2) is 6.84. The average molecular weight is 261 g/mol. The Balaban J connectivity index is 1.74. The molecule has 0 radical (unpaired) electrons. The third-order valence-corrected chi connectivity index (χ3v) is 2.50. The van der Waals surface area contributed by atoms with E-state index in [0.29, 0.717) is 19.2 Å². The summed E-state index contributed by atoms with van der Waals surface area (Å²) in [7, 11) is 0. The summed E-state index contributed by atoms with van der Waals surface area (Å²) in [5, 5.41) is 11.5. The number of hydrogen-bond acceptors (Lipinski definition) is 5. The van der Waals surface area contributed by atoms with Crippen LogP contribution in [0, 0.1) is 0 Å². The maximum atomic E-state index is 5.55. The van der Waals surface area contributed by atoms with Gasteiger partial charge in [0, 0.05) is 25.0 Å². The van der Waals surface area contributed by atoms with Crippen molar-refractivity contribution in [3.8, 4) is 5.75 Å². The van der Waals surface area contributed by atoms with E-state index in [-0.39, 0.29) is 0 Å². The third kappa shape index (κ3) is 4.67. The predicted molar refractivity (Wildman–Crippen MR) is 71.7 cm³/mol. The van der Waals surface area contributed by atoms with Crippen molar-refractivity contribution >= 4 is 0 Å². The molecule has 0 bridgehead atoms. The molecule has 2 heterocycles. The summed E-state index contributed by atoms with van der Waals surface area (Å²) in [6.45, 7) is 6.16. The van der Waals surface area contributed by atoms with Gasteiger partial charge in [0.05, 0.1) is 18.4 Å². The highest BCUT2D eigenvalue weighted by Crippen LogP contribution is 2.05. The van der Waals surface area contributed by atoms with Crippen molar-refractivity contribution < 1.29 is 4.74 Å². The van der Waals surface area contributed by atoms with Crippen LogP contribution in [0.3, 0.4) is 0 Å². The zero-order valence-electron chi connectivity index (χ0n) is 11.3. The molecular formula is C13H19N5O. The Morgan fingerprint density at radius 2 is 2.32 bits per heavy atom. The minimum Gasteiger partial charge on any atom is -0.490 e. The Kier molecular flexibility index (Phi) is 4.85. The van der Waals surface area contributed by atoms with Crippen LogP contribution in [0.25, 0.3) is 0 Å². The number of rotatable bonds is 7. The van der Waals surface area contributed by atoms with Gasteiger partial charge in [-0.3, -0.25) is 4.98 Å². The van der Waals surface area contributed by atoms with E-state index < -0.39 is 0 Å². The highest BCUT2D eigenvalue weighted by molar-refractivity contribution is 5.15. The van der Waals surface area contributed by atoms with Gasteiger partial charge in [0.25, 0.3) is 0 Å². The van der Waals surface area contributed by atoms with E-state index in [0.717, 1.165) is 18.0 Å². The van der Waals surface area contributed by atoms with E-state index in [1.807, 2.05) is 18.3 Å². The average Bonchev–Trinajstić information content (AvgIpc) is 2.86. The molecule has 0 aliphatic rings. The van der Waals surface area contributed by atoms with Crippen LogP contribution < -0.4 is 10.1 Å². The van der Waals surface area contributed by atoms with Crippen LogP contribution in [-0.2, 0) is 13.1 Å². The standard InChI is InChI=1S/C13H19N5O/c1-11(2)15-8-12-10-18(17-16-12)6-7-19-13-4-3-5-14-9-13/h3-5,9-11,15H,6-8H2,1-2H3. The number of nitrogens with zero attached hydrogens (tertiary/aromatic N) is 4. The highest BCUT2D eigenvalue weighted by Gasteiger charge is 2.01. The fourth-order valence-corrected chi connectivity index (χ4v) is 1.53. The maximum absolute atomic E-state index is 5.55. The second-order valence-corrected chi connectivity index (χ2v) is 4.55. The first kappa shape index (κ1) is 13.5. The van der Waals surface area contributed by atoms with Crippen molar-refractivity contribution in [3.63, 3.8) is 0 Å². The number of hydrogen-bond donors (Lipinski definition) is 1. The van der Waals surface area contributed by atoms with E-state index in [1.165, 1.54) is 0 Å². The van der Waals surface area contributed by atoms with Gasteiger partial charge in [0.15, 0.2) is 0 Å². The zero-order valence-corrected chi connectivity index (χ0v) is 11.3. The summed E-state index contributed by atoms with van der Waals surface area (Å²) in [6, 6.07) is 4.17. The zero-order chi connectivity index (χ0) is 13.5. The van der Waals surface area contributed by atoms with Gasteiger partial charge in [0.1, 0.15) is 12.4 Å². The molecule has 2 rings (SSSR count). The van der Waals surface area contributed by atoms with Crippen LogP contribution in [0.15, 0.2) is 30.7 Å². The first-order valence-electron chi connectivity index (χ1n) is 6.39. The Morgan fingerprint density at radius 3 is 3.05 bits per heavy atom. The highest BCUT2D eigenvalue weighted by atomic mass is 16.5. The monoisotopic (exact) mass is 261 g/mol. The molecule has 102 valence electrons. The lowest BCUT2D eigenvalue weighted by atomic mass is 10.3. The molecule has 1 N–H and O–H groups in total. The topological polar surface area (TPSA) is 64.9 Å². The molecule has 0 saturated heterocycles. The first-order chi connectivity index (χ1) is 9.24. The molecule has 0 aromatic carbocycles. The molecule has 6 nitrogen and oxygen atoms in total. The van der Waals surface area contributed by atoms with Crippen molar-refractivity contribution in [2.24, 2.45) is 0 Å². The smallest absolute Gasteiger partial charge is 0.137 e. The van der Waals surface area contributed by atoms with E-state index >= 15 is 0 Å². The molecule has 0 spiro atoms. The van der Waals surface area contributed by atoms with E-state index in [2.05, 4.69) is 34.5 Å². The summed E-state index contributed by atoms with van der Waals surface area (Å²) in [6.07, 6.45) is 5.35. The largest absolute Gasteiger partial charge is 0.490 e. The molecule has 0 unspecified atom stereocenters. The fourth-order valence-electron chi connectivity index (χ4n) is 1.53. The van der Waals surface area contributed by atoms with Crippen LogP contribution in [0.4, 0.5) is 0 Å². The molecule has 0 fully saturated rings. The summed E-state index contributed by atoms with van der Waals surface area (Å²) in [5.41, 5.74) is 0.940. The predicted octanol–water partition coefficient (Wildman–Crippen LogP) is 1.25. The first-order valence-corrected chi connectivity index (χ1v) is 6.39. The van der Waals surface area contributed by atoms with Crippen LogP contribution in [0.1, 0.15) is 19.5 Å². The van der Waals surface area contributed by atoms with E-state index in [1.54, 1.807) is 17.1 Å². The van der Waals surface area contributed by atoms with Crippen molar-refractivity contribution in [2.75, 3.05) is 6.61 Å². The van der Waals surface area contributed by atoms with Gasteiger partial charge in [-0.1, -0.05) is 19.1 Å². The number of pyridine rings is 1. The number of aromatic nitrogens is 4. The normalized spacial score (nSPS) is 10.9. The summed E-state index contributed by atoms with van der Waals surface area (Å²) in [4.78, 5) is 3.99. The molecule has 2 aromatic heterocycles. The fraction of sp³-hybridized carbons (Fsp3) is 0.462. The number of nitrogens with one attached hydrogen (secondary N) is 1. The van der Waals surface area contributed by atoms with Gasteiger partial charge in [-0.2, -0.15) is 0 Å². The van der Waals surface area contributed by atoms with Crippen molar-refractivity contribution in [3.05, 3.63) is 36.4 Å². The molecule has 0 atom stereocenters. The van der Waals surface area contributed by atoms with E-state index in [4.69, 9.17) is 4.74 Å². The quantitative estimate of drug-likeness (QED) is 0.812. The molecule has 6 heteroatoms. The lowest BCUT2D eigenvalue weighted by Crippen LogP contribution is -2.21. The summed E-state index contributed by atoms with van der Waals surface area (Å²) < 4.78 is 7.34. The van der Waals surface area contributed by atoms with Crippen LogP contribution in [0.5, 0.6) is 5.75 Å². The Hall–Kier alpha value is -1.95. The van der Waals surface area contributed by atoms with Crippen LogP contribution >= 0.6 is 0 Å².